The molecule has 0 aromatic heterocycles. The summed E-state index contributed by atoms with van der Waals surface area (Å²) < 4.78 is 23.1. The first-order valence-corrected chi connectivity index (χ1v) is 16.1. The number of fused-ring (bicyclic) bond motifs is 8. The molecule has 0 amide bonds. The van der Waals surface area contributed by atoms with Crippen LogP contribution in [0.1, 0.15) is 32.6 Å². The van der Waals surface area contributed by atoms with Gasteiger partial charge in [0.05, 0.1) is 12.7 Å². The minimum absolute atomic E-state index is 0.0805. The molecule has 2 N–H and O–H groups in total. The minimum atomic E-state index is -1.09. The molecule has 1 aliphatic carbocycles. The fraction of sp³-hybridized carbons (Fsp3) is 0.0732. The van der Waals surface area contributed by atoms with Crippen LogP contribution in [-0.2, 0) is 10.3 Å². The van der Waals surface area contributed by atoms with Gasteiger partial charge in [0.15, 0.2) is 11.0 Å². The van der Waals surface area contributed by atoms with E-state index >= 15 is 0 Å². The maximum absolute atomic E-state index is 12.6. The van der Waals surface area contributed by atoms with Crippen LogP contribution >= 0.6 is 12.6 Å². The molecule has 9 heteroatoms. The van der Waals surface area contributed by atoms with Gasteiger partial charge in [0, 0.05) is 56.3 Å². The van der Waals surface area contributed by atoms with Crippen LogP contribution in [0.3, 0.4) is 0 Å². The van der Waals surface area contributed by atoms with E-state index in [2.05, 4.69) is 12.6 Å². The van der Waals surface area contributed by atoms with Crippen molar-refractivity contribution < 1.29 is 33.6 Å². The second-order valence-corrected chi connectivity index (χ2v) is 12.6. The molecule has 0 saturated heterocycles. The number of hydrogen-bond acceptors (Lipinski definition) is 9. The van der Waals surface area contributed by atoms with Crippen LogP contribution in [0.5, 0.6) is 28.7 Å². The molecule has 5 aromatic carbocycles. The monoisotopic (exact) mass is 680 g/mol. The highest BCUT2D eigenvalue weighted by Crippen LogP contribution is 2.56. The van der Waals surface area contributed by atoms with Gasteiger partial charge in [0.25, 0.3) is 0 Å². The van der Waals surface area contributed by atoms with Crippen molar-refractivity contribution in [2.75, 3.05) is 7.11 Å². The highest BCUT2D eigenvalue weighted by molar-refractivity contribution is 7.80. The van der Waals surface area contributed by atoms with Crippen molar-refractivity contribution in [1.82, 2.24) is 0 Å². The molecule has 1 unspecified atom stereocenters. The number of thiol groups is 1. The standard InChI is InChI=1S/C21H16O4.C20H12O4S/c1-12-9-15(24-2)5-8-16(12)21-17-6-3-13(22)10-19(17)25-20-11-14(23)4-7-18(20)21;21-11-5-7-15-17(9-11)23-18-10-12(25)6-8-16(18)20(15)14-4-2-1-3-13(14)19(22)24-20/h3-11,22H,1-2H3;1-10,21,25H. The zero-order valence-electron chi connectivity index (χ0n) is 26.8. The summed E-state index contributed by atoms with van der Waals surface area (Å²) in [6.07, 6.45) is 0. The van der Waals surface area contributed by atoms with Crippen molar-refractivity contribution in [2.45, 2.75) is 17.4 Å². The molecule has 3 heterocycles. The maximum Gasteiger partial charge on any atom is 0.340 e. The third-order valence-corrected chi connectivity index (χ3v) is 9.34. The molecule has 4 aliphatic rings. The van der Waals surface area contributed by atoms with Gasteiger partial charge in [-0.05, 0) is 90.8 Å². The van der Waals surface area contributed by atoms with Crippen LogP contribution in [0.15, 0.2) is 129 Å². The molecule has 3 aliphatic heterocycles. The average molecular weight is 681 g/mol. The lowest BCUT2D eigenvalue weighted by molar-refractivity contribution is 0.0224. The van der Waals surface area contributed by atoms with E-state index in [1.54, 1.807) is 49.6 Å². The average Bonchev–Trinajstić information content (AvgIpc) is 3.39. The Morgan fingerprint density at radius 3 is 2.22 bits per heavy atom. The largest absolute Gasteiger partial charge is 0.508 e. The number of aromatic hydroxyl groups is 2. The third-order valence-electron chi connectivity index (χ3n) is 9.06. The number of phenolic OH excluding ortho intramolecular Hbond substituents is 2. The van der Waals surface area contributed by atoms with E-state index in [-0.39, 0.29) is 22.9 Å². The van der Waals surface area contributed by atoms with Gasteiger partial charge in [0.2, 0.25) is 0 Å². The lowest BCUT2D eigenvalue weighted by atomic mass is 9.78. The summed E-state index contributed by atoms with van der Waals surface area (Å²) in [5.41, 5.74) is 5.94. The molecule has 50 heavy (non-hydrogen) atoms. The molecular weight excluding hydrogens is 653 g/mol. The van der Waals surface area contributed by atoms with Crippen LogP contribution in [0.25, 0.3) is 33.4 Å². The van der Waals surface area contributed by atoms with Crippen LogP contribution in [0, 0.1) is 6.92 Å². The smallest absolute Gasteiger partial charge is 0.340 e. The Kier molecular flexibility index (Phi) is 7.31. The molecule has 1 atom stereocenters. The number of ether oxygens (including phenoxy) is 3. The number of carbonyl (C=O) groups is 1. The number of carbonyl (C=O) groups excluding carboxylic acids is 1. The van der Waals surface area contributed by atoms with Gasteiger partial charge in [0.1, 0.15) is 40.1 Å². The minimum Gasteiger partial charge on any atom is -0.508 e. The summed E-state index contributed by atoms with van der Waals surface area (Å²) in [5.74, 6) is 2.11. The Hall–Kier alpha value is -6.19. The van der Waals surface area contributed by atoms with E-state index in [9.17, 15) is 19.8 Å². The van der Waals surface area contributed by atoms with Crippen LogP contribution in [-0.4, -0.2) is 23.3 Å². The fourth-order valence-corrected chi connectivity index (χ4v) is 7.04. The Morgan fingerprint density at radius 2 is 1.42 bits per heavy atom. The van der Waals surface area contributed by atoms with Crippen LogP contribution in [0.4, 0.5) is 0 Å². The highest BCUT2D eigenvalue weighted by atomic mass is 32.1. The Balaban J connectivity index is 0.000000144. The molecule has 5 aromatic rings. The molecular formula is C41H28O8S. The van der Waals surface area contributed by atoms with Gasteiger partial charge in [-0.3, -0.25) is 4.79 Å². The molecule has 1 spiro atoms. The highest BCUT2D eigenvalue weighted by Gasteiger charge is 2.53. The summed E-state index contributed by atoms with van der Waals surface area (Å²) in [4.78, 5) is 25.1. The van der Waals surface area contributed by atoms with Crippen molar-refractivity contribution in [1.29, 1.82) is 0 Å². The van der Waals surface area contributed by atoms with Crippen molar-refractivity contribution in [3.63, 3.8) is 0 Å². The lowest BCUT2D eigenvalue weighted by Crippen LogP contribution is -2.32. The zero-order valence-corrected chi connectivity index (χ0v) is 27.7. The van der Waals surface area contributed by atoms with Gasteiger partial charge < -0.3 is 28.8 Å². The first-order valence-electron chi connectivity index (χ1n) is 15.7. The van der Waals surface area contributed by atoms with Crippen molar-refractivity contribution in [3.05, 3.63) is 153 Å². The number of esters is 1. The summed E-state index contributed by atoms with van der Waals surface area (Å²) in [6.45, 7) is 2.02. The maximum atomic E-state index is 12.6. The molecule has 0 bridgehead atoms. The van der Waals surface area contributed by atoms with Crippen LogP contribution in [0.2, 0.25) is 0 Å². The number of aryl methyl sites for hydroxylation is 1. The van der Waals surface area contributed by atoms with E-state index < -0.39 is 5.60 Å². The van der Waals surface area contributed by atoms with E-state index in [0.29, 0.717) is 34.0 Å². The molecule has 9 rings (SSSR count). The Labute approximate surface area is 291 Å². The number of hydrogen-bond donors (Lipinski definition) is 3. The molecule has 246 valence electrons. The zero-order chi connectivity index (χ0) is 34.7. The fourth-order valence-electron chi connectivity index (χ4n) is 6.85. The second kappa shape index (κ2) is 11.7. The Morgan fingerprint density at radius 1 is 0.700 bits per heavy atom. The number of benzene rings is 6. The summed E-state index contributed by atoms with van der Waals surface area (Å²) in [5, 5.41) is 20.5. The topological polar surface area (TPSA) is 115 Å². The molecule has 8 nitrogen and oxygen atoms in total. The van der Waals surface area contributed by atoms with Gasteiger partial charge >= 0.3 is 5.97 Å². The van der Waals surface area contributed by atoms with Crippen LogP contribution < -0.4 is 14.9 Å². The number of rotatable bonds is 2. The lowest BCUT2D eigenvalue weighted by Gasteiger charge is -2.36. The van der Waals surface area contributed by atoms with Gasteiger partial charge in [-0.25, -0.2) is 4.79 Å². The number of methoxy groups -OCH3 is 1. The van der Waals surface area contributed by atoms with Gasteiger partial charge in [-0.15, -0.1) is 12.6 Å². The van der Waals surface area contributed by atoms with E-state index in [1.807, 2.05) is 61.5 Å². The van der Waals surface area contributed by atoms with Crippen molar-refractivity contribution >= 4 is 29.6 Å². The first-order chi connectivity index (χ1) is 24.2. The first kappa shape index (κ1) is 31.1. The van der Waals surface area contributed by atoms with Gasteiger partial charge in [-0.1, -0.05) is 24.3 Å². The quantitative estimate of drug-likeness (QED) is 0.0943. The summed E-state index contributed by atoms with van der Waals surface area (Å²) in [6, 6.07) is 33.4. The van der Waals surface area contributed by atoms with Crippen molar-refractivity contribution in [3.8, 4) is 51.2 Å². The summed E-state index contributed by atoms with van der Waals surface area (Å²) >= 11 is 4.38. The molecule has 0 fully saturated rings. The molecule has 0 radical (unpaired) electrons. The third kappa shape index (κ3) is 4.93. The Bertz CT molecular complexity index is 2480. The SMILES string of the molecule is COc1ccc(-c2c3ccc(=O)cc-3oc3cc(O)ccc23)c(C)c1.O=C1OC2(c3ccc(O)cc3Oc3cc(S)ccc32)c2ccccc21. The summed E-state index contributed by atoms with van der Waals surface area (Å²) in [7, 11) is 1.64. The van der Waals surface area contributed by atoms with E-state index in [1.165, 1.54) is 18.2 Å². The number of phenols is 2. The molecule has 0 saturated carbocycles. The van der Waals surface area contributed by atoms with Gasteiger partial charge in [-0.2, -0.15) is 0 Å². The van der Waals surface area contributed by atoms with Crippen molar-refractivity contribution in [2.24, 2.45) is 0 Å². The second-order valence-electron chi connectivity index (χ2n) is 12.1. The van der Waals surface area contributed by atoms with E-state index in [0.717, 1.165) is 49.4 Å². The predicted octanol–water partition coefficient (Wildman–Crippen LogP) is 8.84. The normalized spacial score (nSPS) is 15.4. The van der Waals surface area contributed by atoms with E-state index in [4.69, 9.17) is 18.6 Å². The predicted molar refractivity (Wildman–Crippen MR) is 191 cm³/mol.